The number of halogens is 1. The van der Waals surface area contributed by atoms with Gasteiger partial charge in [0.25, 0.3) is 0 Å². The first-order chi connectivity index (χ1) is 8.63. The monoisotopic (exact) mass is 254 g/mol. The van der Waals surface area contributed by atoms with E-state index < -0.39 is 5.82 Å². The molecule has 0 aliphatic heterocycles. The van der Waals surface area contributed by atoms with Gasteiger partial charge in [0.1, 0.15) is 5.82 Å². The maximum Gasteiger partial charge on any atom is 0.224 e. The minimum atomic E-state index is -0.485. The van der Waals surface area contributed by atoms with Crippen molar-refractivity contribution >= 4 is 17.3 Å². The molecule has 3 N–H and O–H groups in total. The number of hydrogen-bond donors (Lipinski definition) is 2. The van der Waals surface area contributed by atoms with Gasteiger partial charge in [0.05, 0.1) is 5.69 Å². The number of amides is 1. The second-order valence-electron chi connectivity index (χ2n) is 4.00. The lowest BCUT2D eigenvalue weighted by Gasteiger charge is -2.06. The molecule has 0 saturated carbocycles. The highest BCUT2D eigenvalue weighted by Crippen LogP contribution is 2.16. The summed E-state index contributed by atoms with van der Waals surface area (Å²) < 4.78 is 18.2. The maximum atomic E-state index is 12.9. The molecular formula is C13H19FN2O2. The van der Waals surface area contributed by atoms with Crippen LogP contribution in [0.3, 0.4) is 0 Å². The van der Waals surface area contributed by atoms with Gasteiger partial charge < -0.3 is 15.8 Å². The van der Waals surface area contributed by atoms with Gasteiger partial charge in [0, 0.05) is 25.3 Å². The summed E-state index contributed by atoms with van der Waals surface area (Å²) in [4.78, 5) is 11.5. The molecule has 0 radical (unpaired) electrons. The summed E-state index contributed by atoms with van der Waals surface area (Å²) in [6.45, 7) is 3.33. The molecule has 1 aromatic rings. The lowest BCUT2D eigenvalue weighted by atomic mass is 10.2. The fourth-order valence-corrected chi connectivity index (χ4v) is 1.43. The molecule has 5 heteroatoms. The molecule has 0 aliphatic rings. The number of nitrogens with one attached hydrogen (secondary N) is 1. The number of hydrogen-bond acceptors (Lipinski definition) is 3. The van der Waals surface area contributed by atoms with Crippen LogP contribution in [-0.2, 0) is 9.53 Å². The van der Waals surface area contributed by atoms with E-state index in [-0.39, 0.29) is 11.6 Å². The van der Waals surface area contributed by atoms with Crippen LogP contribution < -0.4 is 11.1 Å². The van der Waals surface area contributed by atoms with Crippen LogP contribution in [0.15, 0.2) is 18.2 Å². The molecular weight excluding hydrogens is 235 g/mol. The number of carbonyl (C=O) groups excluding carboxylic acids is 1. The SMILES string of the molecule is CCCOCCCC(=O)Nc1ccc(F)c(N)c1. The molecule has 100 valence electrons. The molecule has 0 bridgehead atoms. The van der Waals surface area contributed by atoms with E-state index in [4.69, 9.17) is 10.5 Å². The third kappa shape index (κ3) is 5.14. The van der Waals surface area contributed by atoms with E-state index in [1.807, 2.05) is 6.92 Å². The van der Waals surface area contributed by atoms with Crippen molar-refractivity contribution in [2.45, 2.75) is 26.2 Å². The predicted molar refractivity (Wildman–Crippen MR) is 69.8 cm³/mol. The number of ether oxygens (including phenoxy) is 1. The number of anilines is 2. The molecule has 0 spiro atoms. The number of rotatable bonds is 7. The molecule has 0 fully saturated rings. The number of carbonyl (C=O) groups is 1. The van der Waals surface area contributed by atoms with Crippen LogP contribution in [-0.4, -0.2) is 19.1 Å². The smallest absolute Gasteiger partial charge is 0.224 e. The zero-order valence-corrected chi connectivity index (χ0v) is 10.5. The largest absolute Gasteiger partial charge is 0.396 e. The minimum Gasteiger partial charge on any atom is -0.396 e. The summed E-state index contributed by atoms with van der Waals surface area (Å²) in [7, 11) is 0. The number of benzene rings is 1. The second-order valence-corrected chi connectivity index (χ2v) is 4.00. The Hall–Kier alpha value is -1.62. The average Bonchev–Trinajstić information content (AvgIpc) is 2.34. The van der Waals surface area contributed by atoms with Gasteiger partial charge in [-0.25, -0.2) is 4.39 Å². The Bertz CT molecular complexity index is 397. The van der Waals surface area contributed by atoms with Gasteiger partial charge >= 0.3 is 0 Å². The number of nitrogen functional groups attached to an aromatic ring is 1. The summed E-state index contributed by atoms with van der Waals surface area (Å²) in [5.74, 6) is -0.609. The molecule has 0 heterocycles. The Morgan fingerprint density at radius 2 is 2.22 bits per heavy atom. The minimum absolute atomic E-state index is 0.0269. The van der Waals surface area contributed by atoms with Gasteiger partial charge in [-0.2, -0.15) is 0 Å². The predicted octanol–water partition coefficient (Wildman–Crippen LogP) is 2.55. The van der Waals surface area contributed by atoms with E-state index in [9.17, 15) is 9.18 Å². The first kappa shape index (κ1) is 14.4. The Balaban J connectivity index is 2.29. The highest BCUT2D eigenvalue weighted by Gasteiger charge is 2.04. The van der Waals surface area contributed by atoms with Crippen molar-refractivity contribution in [3.8, 4) is 0 Å². The van der Waals surface area contributed by atoms with E-state index in [1.54, 1.807) is 0 Å². The van der Waals surface area contributed by atoms with Crippen molar-refractivity contribution < 1.29 is 13.9 Å². The summed E-state index contributed by atoms with van der Waals surface area (Å²) in [5, 5.41) is 2.66. The first-order valence-corrected chi connectivity index (χ1v) is 6.06. The zero-order chi connectivity index (χ0) is 13.4. The van der Waals surface area contributed by atoms with E-state index in [1.165, 1.54) is 18.2 Å². The van der Waals surface area contributed by atoms with Crippen LogP contribution in [0.2, 0.25) is 0 Å². The van der Waals surface area contributed by atoms with Crippen molar-refractivity contribution in [3.05, 3.63) is 24.0 Å². The van der Waals surface area contributed by atoms with E-state index in [0.717, 1.165) is 13.0 Å². The Kier molecular flexibility index (Phi) is 6.14. The average molecular weight is 254 g/mol. The molecule has 0 unspecified atom stereocenters. The second kappa shape index (κ2) is 7.66. The van der Waals surface area contributed by atoms with Crippen molar-refractivity contribution in [2.75, 3.05) is 24.3 Å². The molecule has 1 amide bonds. The molecule has 0 aromatic heterocycles. The van der Waals surface area contributed by atoms with Crippen molar-refractivity contribution in [3.63, 3.8) is 0 Å². The Morgan fingerprint density at radius 1 is 1.44 bits per heavy atom. The highest BCUT2D eigenvalue weighted by atomic mass is 19.1. The molecule has 18 heavy (non-hydrogen) atoms. The lowest BCUT2D eigenvalue weighted by Crippen LogP contribution is -2.12. The molecule has 0 aliphatic carbocycles. The lowest BCUT2D eigenvalue weighted by molar-refractivity contribution is -0.116. The fraction of sp³-hybridized carbons (Fsp3) is 0.462. The Labute approximate surface area is 106 Å². The van der Waals surface area contributed by atoms with Crippen LogP contribution in [0.25, 0.3) is 0 Å². The topological polar surface area (TPSA) is 64.3 Å². The van der Waals surface area contributed by atoms with E-state index in [0.29, 0.717) is 25.1 Å². The van der Waals surface area contributed by atoms with Gasteiger partial charge in [-0.3, -0.25) is 4.79 Å². The zero-order valence-electron chi connectivity index (χ0n) is 10.5. The quantitative estimate of drug-likeness (QED) is 0.580. The van der Waals surface area contributed by atoms with Gasteiger partial charge in [-0.15, -0.1) is 0 Å². The normalized spacial score (nSPS) is 10.3. The molecule has 0 saturated heterocycles. The molecule has 1 aromatic carbocycles. The van der Waals surface area contributed by atoms with Crippen molar-refractivity contribution in [2.24, 2.45) is 0 Å². The highest BCUT2D eigenvalue weighted by molar-refractivity contribution is 5.91. The van der Waals surface area contributed by atoms with Gasteiger partial charge in [0.15, 0.2) is 0 Å². The summed E-state index contributed by atoms with van der Waals surface area (Å²) in [5.41, 5.74) is 5.94. The standard InChI is InChI=1S/C13H19FN2O2/c1-2-7-18-8-3-4-13(17)16-10-5-6-11(14)12(15)9-10/h5-6,9H,2-4,7-8,15H2,1H3,(H,16,17). The van der Waals surface area contributed by atoms with E-state index >= 15 is 0 Å². The third-order valence-electron chi connectivity index (χ3n) is 2.32. The summed E-state index contributed by atoms with van der Waals surface area (Å²) in [6, 6.07) is 4.12. The Morgan fingerprint density at radius 3 is 2.89 bits per heavy atom. The molecule has 1 rings (SSSR count). The van der Waals surface area contributed by atoms with Crippen molar-refractivity contribution in [1.82, 2.24) is 0 Å². The molecule has 4 nitrogen and oxygen atoms in total. The summed E-state index contributed by atoms with van der Waals surface area (Å²) >= 11 is 0. The fourth-order valence-electron chi connectivity index (χ4n) is 1.43. The first-order valence-electron chi connectivity index (χ1n) is 6.06. The van der Waals surface area contributed by atoms with Crippen LogP contribution in [0.1, 0.15) is 26.2 Å². The third-order valence-corrected chi connectivity index (χ3v) is 2.32. The van der Waals surface area contributed by atoms with Gasteiger partial charge in [0.2, 0.25) is 5.91 Å². The van der Waals surface area contributed by atoms with E-state index in [2.05, 4.69) is 5.32 Å². The van der Waals surface area contributed by atoms with Gasteiger partial charge in [-0.1, -0.05) is 6.92 Å². The summed E-state index contributed by atoms with van der Waals surface area (Å²) in [6.07, 6.45) is 2.02. The van der Waals surface area contributed by atoms with Crippen molar-refractivity contribution in [1.29, 1.82) is 0 Å². The number of nitrogens with two attached hydrogens (primary N) is 1. The van der Waals surface area contributed by atoms with Gasteiger partial charge in [-0.05, 0) is 31.0 Å². The van der Waals surface area contributed by atoms with Crippen LogP contribution >= 0.6 is 0 Å². The van der Waals surface area contributed by atoms with Crippen LogP contribution in [0, 0.1) is 5.82 Å². The van der Waals surface area contributed by atoms with Crippen LogP contribution in [0.5, 0.6) is 0 Å². The van der Waals surface area contributed by atoms with Crippen LogP contribution in [0.4, 0.5) is 15.8 Å². The maximum absolute atomic E-state index is 12.9. The molecule has 0 atom stereocenters.